The minimum Gasteiger partial charge on any atom is -0.478 e. The highest BCUT2D eigenvalue weighted by molar-refractivity contribution is 5.96. The van der Waals surface area contributed by atoms with Crippen molar-refractivity contribution in [2.45, 2.75) is 0 Å². The van der Waals surface area contributed by atoms with Gasteiger partial charge >= 0.3 is 5.97 Å². The molecule has 2 aromatic carbocycles. The number of carboxylic acids is 1. The molecule has 0 aliphatic carbocycles. The summed E-state index contributed by atoms with van der Waals surface area (Å²) in [5, 5.41) is 9.13. The van der Waals surface area contributed by atoms with E-state index in [4.69, 9.17) is 14.6 Å². The molecule has 0 radical (unpaired) electrons. The third kappa shape index (κ3) is 3.94. The monoisotopic (exact) mass is 284 g/mol. The van der Waals surface area contributed by atoms with E-state index in [1.807, 2.05) is 48.5 Å². The summed E-state index contributed by atoms with van der Waals surface area (Å²) < 4.78 is 10.4. The van der Waals surface area contributed by atoms with Gasteiger partial charge in [0.05, 0.1) is 0 Å². The first-order chi connectivity index (χ1) is 10.2. The van der Waals surface area contributed by atoms with Gasteiger partial charge in [-0.05, 0) is 17.2 Å². The second-order valence-corrected chi connectivity index (χ2v) is 4.31. The highest BCUT2D eigenvalue weighted by Crippen LogP contribution is 2.31. The molecule has 0 unspecified atom stereocenters. The number of para-hydroxylation sites is 1. The second-order valence-electron chi connectivity index (χ2n) is 4.31. The van der Waals surface area contributed by atoms with Crippen LogP contribution in [0.5, 0.6) is 5.75 Å². The predicted octanol–water partition coefficient (Wildman–Crippen LogP) is 3.19. The van der Waals surface area contributed by atoms with Gasteiger partial charge in [0, 0.05) is 18.7 Å². The second kappa shape index (κ2) is 7.26. The number of rotatable bonds is 6. The number of benzene rings is 2. The molecule has 0 saturated heterocycles. The molecule has 108 valence electrons. The molecule has 4 nitrogen and oxygen atoms in total. The topological polar surface area (TPSA) is 55.8 Å². The Morgan fingerprint density at radius 2 is 1.76 bits per heavy atom. The highest BCUT2D eigenvalue weighted by atomic mass is 16.7. The van der Waals surface area contributed by atoms with Crippen molar-refractivity contribution in [3.05, 3.63) is 71.8 Å². The fourth-order valence-corrected chi connectivity index (χ4v) is 2.00. The zero-order valence-electron chi connectivity index (χ0n) is 11.7. The number of methoxy groups -OCH3 is 1. The summed E-state index contributed by atoms with van der Waals surface area (Å²) >= 11 is 0. The average Bonchev–Trinajstić information content (AvgIpc) is 2.52. The van der Waals surface area contributed by atoms with Crippen LogP contribution >= 0.6 is 0 Å². The Hall–Kier alpha value is -2.59. The lowest BCUT2D eigenvalue weighted by molar-refractivity contribution is -0.131. The van der Waals surface area contributed by atoms with E-state index in [0.29, 0.717) is 16.9 Å². The Morgan fingerprint density at radius 3 is 2.43 bits per heavy atom. The largest absolute Gasteiger partial charge is 0.478 e. The number of hydrogen-bond donors (Lipinski definition) is 1. The zero-order valence-corrected chi connectivity index (χ0v) is 11.7. The molecular formula is C17H16O4. The van der Waals surface area contributed by atoms with Gasteiger partial charge in [0.2, 0.25) is 0 Å². The Kier molecular flexibility index (Phi) is 5.12. The standard InChI is InChI=1S/C17H16O4/c1-20-12-21-16-10-6-5-9-14(16)15(11-17(18)19)13-7-3-2-4-8-13/h2-11H,12H2,1H3,(H,18,19)/b15-11+. The van der Waals surface area contributed by atoms with E-state index in [9.17, 15) is 4.79 Å². The molecule has 0 aliphatic heterocycles. The summed E-state index contributed by atoms with van der Waals surface area (Å²) in [6.45, 7) is 0.103. The van der Waals surface area contributed by atoms with E-state index in [0.717, 1.165) is 5.56 Å². The van der Waals surface area contributed by atoms with Gasteiger partial charge in [-0.15, -0.1) is 0 Å². The minimum absolute atomic E-state index is 0.103. The van der Waals surface area contributed by atoms with Gasteiger partial charge < -0.3 is 14.6 Å². The first-order valence-corrected chi connectivity index (χ1v) is 6.43. The zero-order chi connectivity index (χ0) is 15.1. The number of ether oxygens (including phenoxy) is 2. The molecule has 2 aromatic rings. The molecule has 0 saturated carbocycles. The van der Waals surface area contributed by atoms with Gasteiger partial charge in [0.1, 0.15) is 5.75 Å². The summed E-state index contributed by atoms with van der Waals surface area (Å²) in [7, 11) is 1.54. The fourth-order valence-electron chi connectivity index (χ4n) is 2.00. The molecule has 0 aliphatic rings. The van der Waals surface area contributed by atoms with Crippen molar-refractivity contribution in [1.82, 2.24) is 0 Å². The third-order valence-electron chi connectivity index (χ3n) is 2.86. The summed E-state index contributed by atoms with van der Waals surface area (Å²) in [5.74, 6) is -0.425. The molecule has 0 aromatic heterocycles. The maximum Gasteiger partial charge on any atom is 0.328 e. The van der Waals surface area contributed by atoms with Crippen LogP contribution in [0.1, 0.15) is 11.1 Å². The summed E-state index contributed by atoms with van der Waals surface area (Å²) in [5.41, 5.74) is 2.12. The highest BCUT2D eigenvalue weighted by Gasteiger charge is 2.12. The van der Waals surface area contributed by atoms with Gasteiger partial charge in [-0.2, -0.15) is 0 Å². The summed E-state index contributed by atoms with van der Waals surface area (Å²) in [4.78, 5) is 11.1. The SMILES string of the molecule is COCOc1ccccc1/C(=C/C(=O)O)c1ccccc1. The molecule has 0 fully saturated rings. The van der Waals surface area contributed by atoms with Crippen LogP contribution in [0.3, 0.4) is 0 Å². The van der Waals surface area contributed by atoms with Crippen molar-refractivity contribution in [3.8, 4) is 5.75 Å². The normalized spacial score (nSPS) is 11.2. The van der Waals surface area contributed by atoms with Crippen molar-refractivity contribution in [2.75, 3.05) is 13.9 Å². The molecule has 1 N–H and O–H groups in total. The lowest BCUT2D eigenvalue weighted by Gasteiger charge is -2.13. The van der Waals surface area contributed by atoms with Gasteiger partial charge in [-0.25, -0.2) is 4.79 Å². The first kappa shape index (κ1) is 14.8. The number of aliphatic carboxylic acids is 1. The van der Waals surface area contributed by atoms with E-state index in [1.165, 1.54) is 13.2 Å². The molecule has 0 spiro atoms. The summed E-state index contributed by atoms with van der Waals surface area (Å²) in [6, 6.07) is 16.6. The van der Waals surface area contributed by atoms with Crippen molar-refractivity contribution in [1.29, 1.82) is 0 Å². The molecule has 2 rings (SSSR count). The van der Waals surface area contributed by atoms with Crippen LogP contribution in [0.15, 0.2) is 60.7 Å². The Bertz CT molecular complexity index is 632. The smallest absolute Gasteiger partial charge is 0.328 e. The van der Waals surface area contributed by atoms with Crippen molar-refractivity contribution in [3.63, 3.8) is 0 Å². The van der Waals surface area contributed by atoms with Crippen LogP contribution in [0.25, 0.3) is 5.57 Å². The number of carboxylic acid groups (broad SMARTS) is 1. The van der Waals surface area contributed by atoms with Crippen molar-refractivity contribution >= 4 is 11.5 Å². The van der Waals surface area contributed by atoms with Crippen LogP contribution in [0, 0.1) is 0 Å². The first-order valence-electron chi connectivity index (χ1n) is 6.43. The molecular weight excluding hydrogens is 268 g/mol. The Labute approximate surface area is 123 Å². The lowest BCUT2D eigenvalue weighted by Crippen LogP contribution is -2.03. The van der Waals surface area contributed by atoms with Crippen molar-refractivity contribution in [2.24, 2.45) is 0 Å². The van der Waals surface area contributed by atoms with Gasteiger partial charge in [-0.3, -0.25) is 0 Å². The van der Waals surface area contributed by atoms with Gasteiger partial charge in [0.25, 0.3) is 0 Å². The molecule has 0 atom stereocenters. The minimum atomic E-state index is -1.00. The predicted molar refractivity (Wildman–Crippen MR) is 80.1 cm³/mol. The molecule has 0 heterocycles. The van der Waals surface area contributed by atoms with E-state index >= 15 is 0 Å². The molecule has 4 heteroatoms. The lowest BCUT2D eigenvalue weighted by atomic mass is 9.97. The quantitative estimate of drug-likeness (QED) is 0.654. The third-order valence-corrected chi connectivity index (χ3v) is 2.86. The number of carbonyl (C=O) groups is 1. The molecule has 0 amide bonds. The van der Waals surface area contributed by atoms with Crippen LogP contribution in [-0.2, 0) is 9.53 Å². The van der Waals surface area contributed by atoms with Gasteiger partial charge in [0.15, 0.2) is 6.79 Å². The average molecular weight is 284 g/mol. The van der Waals surface area contributed by atoms with Crippen LogP contribution in [-0.4, -0.2) is 25.0 Å². The maximum atomic E-state index is 11.1. The van der Waals surface area contributed by atoms with Crippen LogP contribution in [0.4, 0.5) is 0 Å². The van der Waals surface area contributed by atoms with Crippen molar-refractivity contribution < 1.29 is 19.4 Å². The summed E-state index contributed by atoms with van der Waals surface area (Å²) in [6.07, 6.45) is 1.18. The molecule has 0 bridgehead atoms. The maximum absolute atomic E-state index is 11.1. The Morgan fingerprint density at radius 1 is 1.10 bits per heavy atom. The van der Waals surface area contributed by atoms with E-state index in [1.54, 1.807) is 6.07 Å². The van der Waals surface area contributed by atoms with Crippen LogP contribution < -0.4 is 4.74 Å². The van der Waals surface area contributed by atoms with E-state index < -0.39 is 5.97 Å². The Balaban J connectivity index is 2.50. The van der Waals surface area contributed by atoms with Crippen LogP contribution in [0.2, 0.25) is 0 Å². The fraction of sp³-hybridized carbons (Fsp3) is 0.118. The van der Waals surface area contributed by atoms with Gasteiger partial charge in [-0.1, -0.05) is 48.5 Å². The molecule has 21 heavy (non-hydrogen) atoms. The number of hydrogen-bond acceptors (Lipinski definition) is 3. The van der Waals surface area contributed by atoms with E-state index in [2.05, 4.69) is 0 Å². The van der Waals surface area contributed by atoms with E-state index in [-0.39, 0.29) is 6.79 Å².